The lowest BCUT2D eigenvalue weighted by atomic mass is 10.1. The molecule has 2 aromatic rings. The number of hydrogen-bond acceptors (Lipinski definition) is 3. The van der Waals surface area contributed by atoms with E-state index in [2.05, 4.69) is 5.32 Å². The molecule has 5 nitrogen and oxygen atoms in total. The average Bonchev–Trinajstić information content (AvgIpc) is 2.78. The lowest BCUT2D eigenvalue weighted by Gasteiger charge is -2.18. The fourth-order valence-corrected chi connectivity index (χ4v) is 2.70. The first-order chi connectivity index (χ1) is 10.1. The highest BCUT2D eigenvalue weighted by atomic mass is 16.3. The number of benzene rings is 1. The third kappa shape index (κ3) is 2.48. The van der Waals surface area contributed by atoms with Gasteiger partial charge in [0.15, 0.2) is 0 Å². The number of aliphatic hydroxyl groups is 1. The molecule has 108 valence electrons. The van der Waals surface area contributed by atoms with E-state index in [9.17, 15) is 14.7 Å². The molecular weight excluding hydrogens is 268 g/mol. The van der Waals surface area contributed by atoms with Crippen molar-refractivity contribution in [3.63, 3.8) is 0 Å². The van der Waals surface area contributed by atoms with Crippen LogP contribution in [0.3, 0.4) is 0 Å². The molecule has 0 saturated carbocycles. The number of aliphatic hydroxyl groups excluding tert-OH is 1. The first kappa shape index (κ1) is 13.6. The number of fused-ring (bicyclic) bond motifs is 1. The van der Waals surface area contributed by atoms with Crippen LogP contribution >= 0.6 is 0 Å². The molecular formula is C16H16N2O3. The van der Waals surface area contributed by atoms with Crippen molar-refractivity contribution in [1.82, 2.24) is 9.88 Å². The molecule has 1 heterocycles. The number of pyridine rings is 1. The van der Waals surface area contributed by atoms with Crippen LogP contribution in [0.25, 0.3) is 0 Å². The van der Waals surface area contributed by atoms with Crippen LogP contribution in [-0.4, -0.2) is 21.7 Å². The predicted molar refractivity (Wildman–Crippen MR) is 78.0 cm³/mol. The number of carbonyl (C=O) groups is 1. The Labute approximate surface area is 121 Å². The van der Waals surface area contributed by atoms with E-state index < -0.39 is 12.1 Å². The third-order valence-corrected chi connectivity index (χ3v) is 3.84. The zero-order valence-electron chi connectivity index (χ0n) is 11.6. The van der Waals surface area contributed by atoms with E-state index >= 15 is 0 Å². The van der Waals surface area contributed by atoms with Crippen LogP contribution in [0.15, 0.2) is 47.4 Å². The van der Waals surface area contributed by atoms with Crippen LogP contribution in [0.2, 0.25) is 0 Å². The summed E-state index contributed by atoms with van der Waals surface area (Å²) in [7, 11) is 1.60. The fraction of sp³-hybridized carbons (Fsp3) is 0.250. The van der Waals surface area contributed by atoms with Gasteiger partial charge in [0.2, 0.25) is 5.56 Å². The van der Waals surface area contributed by atoms with E-state index in [0.717, 1.165) is 11.1 Å². The largest absolute Gasteiger partial charge is 0.390 e. The molecule has 0 fully saturated rings. The van der Waals surface area contributed by atoms with Crippen molar-refractivity contribution < 1.29 is 9.90 Å². The van der Waals surface area contributed by atoms with Crippen molar-refractivity contribution in [3.05, 3.63) is 69.6 Å². The van der Waals surface area contributed by atoms with E-state index in [4.69, 9.17) is 0 Å². The van der Waals surface area contributed by atoms with E-state index in [-0.39, 0.29) is 11.5 Å². The van der Waals surface area contributed by atoms with Crippen molar-refractivity contribution in [2.45, 2.75) is 18.6 Å². The molecule has 2 atom stereocenters. The average molecular weight is 284 g/mol. The summed E-state index contributed by atoms with van der Waals surface area (Å²) in [6.07, 6.45) is 1.40. The van der Waals surface area contributed by atoms with Crippen molar-refractivity contribution in [1.29, 1.82) is 0 Å². The number of aromatic nitrogens is 1. The number of rotatable bonds is 2. The first-order valence-corrected chi connectivity index (χ1v) is 6.79. The third-order valence-electron chi connectivity index (χ3n) is 3.84. The number of hydrogen-bond donors (Lipinski definition) is 2. The molecule has 1 aliphatic rings. The van der Waals surface area contributed by atoms with Gasteiger partial charge in [-0.2, -0.15) is 0 Å². The van der Waals surface area contributed by atoms with E-state index in [1.807, 2.05) is 24.3 Å². The van der Waals surface area contributed by atoms with Gasteiger partial charge < -0.3 is 15.0 Å². The van der Waals surface area contributed by atoms with Gasteiger partial charge in [-0.05, 0) is 17.2 Å². The van der Waals surface area contributed by atoms with Crippen LogP contribution in [-0.2, 0) is 13.5 Å². The SMILES string of the molecule is Cn1cc(C(=O)NC2c3ccccc3CC2O)ccc1=O. The summed E-state index contributed by atoms with van der Waals surface area (Å²) >= 11 is 0. The monoisotopic (exact) mass is 284 g/mol. The minimum absolute atomic E-state index is 0.169. The summed E-state index contributed by atoms with van der Waals surface area (Å²) < 4.78 is 1.36. The van der Waals surface area contributed by atoms with Crippen LogP contribution in [0.1, 0.15) is 27.5 Å². The van der Waals surface area contributed by atoms with Crippen LogP contribution in [0.5, 0.6) is 0 Å². The van der Waals surface area contributed by atoms with Crippen molar-refractivity contribution in [3.8, 4) is 0 Å². The Morgan fingerprint density at radius 3 is 2.81 bits per heavy atom. The van der Waals surface area contributed by atoms with Crippen LogP contribution in [0.4, 0.5) is 0 Å². The Morgan fingerprint density at radius 1 is 1.29 bits per heavy atom. The van der Waals surface area contributed by atoms with E-state index in [0.29, 0.717) is 12.0 Å². The molecule has 1 aromatic carbocycles. The summed E-state index contributed by atoms with van der Waals surface area (Å²) in [5.41, 5.74) is 2.23. The summed E-state index contributed by atoms with van der Waals surface area (Å²) in [5.74, 6) is -0.300. The summed E-state index contributed by atoms with van der Waals surface area (Å²) in [4.78, 5) is 23.6. The molecule has 5 heteroatoms. The molecule has 0 aliphatic heterocycles. The highest BCUT2D eigenvalue weighted by molar-refractivity contribution is 5.94. The molecule has 0 saturated heterocycles. The van der Waals surface area contributed by atoms with Gasteiger partial charge in [0.1, 0.15) is 0 Å². The highest BCUT2D eigenvalue weighted by Crippen LogP contribution is 2.31. The maximum atomic E-state index is 12.3. The minimum atomic E-state index is -0.626. The van der Waals surface area contributed by atoms with E-state index in [1.54, 1.807) is 7.05 Å². The normalized spacial score (nSPS) is 20.1. The Kier molecular flexibility index (Phi) is 3.35. The Balaban J connectivity index is 1.85. The van der Waals surface area contributed by atoms with Gasteiger partial charge in [-0.25, -0.2) is 0 Å². The molecule has 1 aromatic heterocycles. The quantitative estimate of drug-likeness (QED) is 0.856. The summed E-state index contributed by atoms with van der Waals surface area (Å²) in [6, 6.07) is 10.1. The molecule has 0 radical (unpaired) electrons. The second-order valence-electron chi connectivity index (χ2n) is 5.29. The Hall–Kier alpha value is -2.40. The fourth-order valence-electron chi connectivity index (χ4n) is 2.70. The highest BCUT2D eigenvalue weighted by Gasteiger charge is 2.32. The van der Waals surface area contributed by atoms with Crippen LogP contribution in [0, 0.1) is 0 Å². The molecule has 1 amide bonds. The van der Waals surface area contributed by atoms with Gasteiger partial charge in [-0.3, -0.25) is 9.59 Å². The van der Waals surface area contributed by atoms with E-state index in [1.165, 1.54) is 22.9 Å². The van der Waals surface area contributed by atoms with Crippen LogP contribution < -0.4 is 10.9 Å². The van der Waals surface area contributed by atoms with Gasteiger partial charge in [0.25, 0.3) is 5.91 Å². The first-order valence-electron chi connectivity index (χ1n) is 6.79. The van der Waals surface area contributed by atoms with Gasteiger partial charge in [0, 0.05) is 25.7 Å². The summed E-state index contributed by atoms with van der Waals surface area (Å²) in [5, 5.41) is 13.0. The molecule has 0 bridgehead atoms. The topological polar surface area (TPSA) is 71.3 Å². The number of nitrogens with zero attached hydrogens (tertiary/aromatic N) is 1. The number of nitrogens with one attached hydrogen (secondary N) is 1. The Bertz CT molecular complexity index is 751. The second kappa shape index (κ2) is 5.18. The molecule has 2 unspecified atom stereocenters. The van der Waals surface area contributed by atoms with Gasteiger partial charge in [-0.15, -0.1) is 0 Å². The Morgan fingerprint density at radius 2 is 2.05 bits per heavy atom. The van der Waals surface area contributed by atoms with Crippen molar-refractivity contribution in [2.75, 3.05) is 0 Å². The molecule has 2 N–H and O–H groups in total. The predicted octanol–water partition coefficient (Wildman–Crippen LogP) is 0.773. The number of aryl methyl sites for hydroxylation is 1. The van der Waals surface area contributed by atoms with Gasteiger partial charge >= 0.3 is 0 Å². The maximum Gasteiger partial charge on any atom is 0.253 e. The lowest BCUT2D eigenvalue weighted by molar-refractivity contribution is 0.0857. The second-order valence-corrected chi connectivity index (χ2v) is 5.29. The molecule has 1 aliphatic carbocycles. The zero-order chi connectivity index (χ0) is 15.0. The lowest BCUT2D eigenvalue weighted by Crippen LogP contribution is -2.34. The van der Waals surface area contributed by atoms with Crippen molar-refractivity contribution in [2.24, 2.45) is 7.05 Å². The molecule has 0 spiro atoms. The van der Waals surface area contributed by atoms with Crippen molar-refractivity contribution >= 4 is 5.91 Å². The molecule has 21 heavy (non-hydrogen) atoms. The zero-order valence-corrected chi connectivity index (χ0v) is 11.6. The minimum Gasteiger partial charge on any atom is -0.390 e. The smallest absolute Gasteiger partial charge is 0.253 e. The van der Waals surface area contributed by atoms with Gasteiger partial charge in [0.05, 0.1) is 17.7 Å². The standard InChI is InChI=1S/C16H16N2O3/c1-18-9-11(6-7-14(18)20)16(21)17-15-12-5-3-2-4-10(12)8-13(15)19/h2-7,9,13,15,19H,8H2,1H3,(H,17,21). The molecule has 3 rings (SSSR count). The number of amides is 1. The number of carbonyl (C=O) groups excluding carboxylic acids is 1. The van der Waals surface area contributed by atoms with Gasteiger partial charge in [-0.1, -0.05) is 24.3 Å². The summed E-state index contributed by atoms with van der Waals surface area (Å²) in [6.45, 7) is 0. The maximum absolute atomic E-state index is 12.3.